The number of fused-ring (bicyclic) bond motifs is 1. The van der Waals surface area contributed by atoms with E-state index in [1.54, 1.807) is 10.9 Å². The highest BCUT2D eigenvalue weighted by atomic mass is 35.5. The van der Waals surface area contributed by atoms with Crippen LogP contribution < -0.4 is 0 Å². The van der Waals surface area contributed by atoms with Crippen LogP contribution in [0.5, 0.6) is 0 Å². The molecule has 0 spiro atoms. The molecule has 0 unspecified atom stereocenters. The Morgan fingerprint density at radius 3 is 2.93 bits per heavy atom. The Balaban J connectivity index is 2.80. The maximum absolute atomic E-state index is 10.7. The van der Waals surface area contributed by atoms with Crippen LogP contribution in [0, 0.1) is 0 Å². The SMILES string of the molecule is Cn1cnc2cc(C(=O)O)cc(Cl)c21. The minimum absolute atomic E-state index is 0.154. The number of aryl methyl sites for hydroxylation is 1. The van der Waals surface area contributed by atoms with Gasteiger partial charge in [-0.1, -0.05) is 11.6 Å². The van der Waals surface area contributed by atoms with Crippen LogP contribution in [-0.2, 0) is 7.05 Å². The molecule has 0 saturated carbocycles. The van der Waals surface area contributed by atoms with Crippen LogP contribution in [0.25, 0.3) is 11.0 Å². The molecule has 0 radical (unpaired) electrons. The first-order valence-electron chi connectivity index (χ1n) is 3.93. The molecule has 1 aromatic heterocycles. The molecular weight excluding hydrogens is 204 g/mol. The highest BCUT2D eigenvalue weighted by molar-refractivity contribution is 6.35. The molecule has 1 heterocycles. The third kappa shape index (κ3) is 1.24. The van der Waals surface area contributed by atoms with Gasteiger partial charge in [0.1, 0.15) is 0 Å². The fourth-order valence-electron chi connectivity index (χ4n) is 1.36. The van der Waals surface area contributed by atoms with E-state index in [2.05, 4.69) is 4.98 Å². The van der Waals surface area contributed by atoms with Gasteiger partial charge in [0.2, 0.25) is 0 Å². The van der Waals surface area contributed by atoms with Gasteiger partial charge in [-0.3, -0.25) is 0 Å². The van der Waals surface area contributed by atoms with Gasteiger partial charge in [0, 0.05) is 7.05 Å². The molecule has 0 saturated heterocycles. The number of carboxylic acids is 1. The lowest BCUT2D eigenvalue weighted by atomic mass is 10.2. The molecule has 4 nitrogen and oxygen atoms in total. The lowest BCUT2D eigenvalue weighted by molar-refractivity contribution is 0.0697. The smallest absolute Gasteiger partial charge is 0.335 e. The van der Waals surface area contributed by atoms with Gasteiger partial charge in [-0.25, -0.2) is 9.78 Å². The Morgan fingerprint density at radius 1 is 1.57 bits per heavy atom. The first-order valence-corrected chi connectivity index (χ1v) is 4.31. The molecule has 2 aromatic rings. The summed E-state index contributed by atoms with van der Waals surface area (Å²) >= 11 is 5.93. The first-order chi connectivity index (χ1) is 6.59. The van der Waals surface area contributed by atoms with Crippen LogP contribution in [0.15, 0.2) is 18.5 Å². The number of nitrogens with zero attached hydrogens (tertiary/aromatic N) is 2. The van der Waals surface area contributed by atoms with Crippen molar-refractivity contribution in [2.45, 2.75) is 0 Å². The summed E-state index contributed by atoms with van der Waals surface area (Å²) in [6.07, 6.45) is 1.60. The van der Waals surface area contributed by atoms with Gasteiger partial charge in [-0.15, -0.1) is 0 Å². The van der Waals surface area contributed by atoms with Crippen molar-refractivity contribution in [3.05, 3.63) is 29.0 Å². The highest BCUT2D eigenvalue weighted by Crippen LogP contribution is 2.23. The second-order valence-corrected chi connectivity index (χ2v) is 3.39. The predicted molar refractivity (Wildman–Crippen MR) is 52.7 cm³/mol. The minimum atomic E-state index is -1.00. The lowest BCUT2D eigenvalue weighted by Gasteiger charge is -1.99. The zero-order valence-corrected chi connectivity index (χ0v) is 8.12. The summed E-state index contributed by atoms with van der Waals surface area (Å²) in [5.74, 6) is -1.00. The van der Waals surface area contributed by atoms with Crippen LogP contribution in [0.2, 0.25) is 5.02 Å². The fourth-order valence-corrected chi connectivity index (χ4v) is 1.71. The number of imidazole rings is 1. The van der Waals surface area contributed by atoms with E-state index in [1.165, 1.54) is 12.1 Å². The number of benzene rings is 1. The Bertz CT molecular complexity index is 519. The third-order valence-electron chi connectivity index (χ3n) is 2.01. The van der Waals surface area contributed by atoms with Gasteiger partial charge in [0.15, 0.2) is 0 Å². The molecule has 1 aromatic carbocycles. The van der Waals surface area contributed by atoms with Crippen molar-refractivity contribution < 1.29 is 9.90 Å². The molecule has 72 valence electrons. The summed E-state index contributed by atoms with van der Waals surface area (Å²) in [6.45, 7) is 0. The van der Waals surface area contributed by atoms with Gasteiger partial charge in [-0.2, -0.15) is 0 Å². The number of rotatable bonds is 1. The van der Waals surface area contributed by atoms with Crippen molar-refractivity contribution in [2.24, 2.45) is 7.05 Å². The zero-order chi connectivity index (χ0) is 10.3. The van der Waals surface area contributed by atoms with Gasteiger partial charge < -0.3 is 9.67 Å². The largest absolute Gasteiger partial charge is 0.478 e. The summed E-state index contributed by atoms with van der Waals surface area (Å²) in [7, 11) is 1.81. The summed E-state index contributed by atoms with van der Waals surface area (Å²) in [5, 5.41) is 9.18. The Morgan fingerprint density at radius 2 is 2.29 bits per heavy atom. The van der Waals surface area contributed by atoms with E-state index in [9.17, 15) is 4.79 Å². The Kier molecular flexibility index (Phi) is 1.93. The van der Waals surface area contributed by atoms with Crippen molar-refractivity contribution in [2.75, 3.05) is 0 Å². The number of aromatic nitrogens is 2. The van der Waals surface area contributed by atoms with E-state index in [4.69, 9.17) is 16.7 Å². The second-order valence-electron chi connectivity index (χ2n) is 2.99. The van der Waals surface area contributed by atoms with E-state index < -0.39 is 5.97 Å². The van der Waals surface area contributed by atoms with Crippen LogP contribution in [0.1, 0.15) is 10.4 Å². The number of carboxylic acid groups (broad SMARTS) is 1. The summed E-state index contributed by atoms with van der Waals surface area (Å²) in [4.78, 5) is 14.7. The second kappa shape index (κ2) is 2.99. The first kappa shape index (κ1) is 9.02. The normalized spacial score (nSPS) is 10.7. The van der Waals surface area contributed by atoms with Crippen molar-refractivity contribution in [3.63, 3.8) is 0 Å². The molecule has 0 atom stereocenters. The van der Waals surface area contributed by atoms with Crippen molar-refractivity contribution in [1.29, 1.82) is 0 Å². The van der Waals surface area contributed by atoms with E-state index >= 15 is 0 Å². The number of hydrogen-bond donors (Lipinski definition) is 1. The standard InChI is InChI=1S/C9H7ClN2O2/c1-12-4-11-7-3-5(9(13)14)2-6(10)8(7)12/h2-4H,1H3,(H,13,14). The summed E-state index contributed by atoms with van der Waals surface area (Å²) in [6, 6.07) is 2.93. The lowest BCUT2D eigenvalue weighted by Crippen LogP contribution is -1.96. The average Bonchev–Trinajstić information content (AvgIpc) is 2.48. The molecule has 0 aliphatic heterocycles. The molecule has 0 bridgehead atoms. The van der Waals surface area contributed by atoms with Gasteiger partial charge in [0.05, 0.1) is 27.9 Å². The van der Waals surface area contributed by atoms with Crippen molar-refractivity contribution >= 4 is 28.6 Å². The van der Waals surface area contributed by atoms with E-state index in [1.807, 2.05) is 7.05 Å². The summed E-state index contributed by atoms with van der Waals surface area (Å²) in [5.41, 5.74) is 1.50. The fraction of sp³-hybridized carbons (Fsp3) is 0.111. The molecule has 0 fully saturated rings. The minimum Gasteiger partial charge on any atom is -0.478 e. The average molecular weight is 211 g/mol. The quantitative estimate of drug-likeness (QED) is 0.783. The maximum atomic E-state index is 10.7. The van der Waals surface area contributed by atoms with Gasteiger partial charge >= 0.3 is 5.97 Å². The van der Waals surface area contributed by atoms with Gasteiger partial charge in [-0.05, 0) is 12.1 Å². The van der Waals surface area contributed by atoms with E-state index in [0.29, 0.717) is 10.5 Å². The third-order valence-corrected chi connectivity index (χ3v) is 2.30. The molecule has 2 rings (SSSR count). The van der Waals surface area contributed by atoms with Crippen molar-refractivity contribution in [3.8, 4) is 0 Å². The monoisotopic (exact) mass is 210 g/mol. The van der Waals surface area contributed by atoms with Crippen LogP contribution in [0.4, 0.5) is 0 Å². The zero-order valence-electron chi connectivity index (χ0n) is 7.36. The summed E-state index contributed by atoms with van der Waals surface area (Å²) < 4.78 is 1.75. The molecule has 0 amide bonds. The topological polar surface area (TPSA) is 55.1 Å². The molecule has 14 heavy (non-hydrogen) atoms. The van der Waals surface area contributed by atoms with Gasteiger partial charge in [0.25, 0.3) is 0 Å². The number of hydrogen-bond acceptors (Lipinski definition) is 2. The number of halogens is 1. The van der Waals surface area contributed by atoms with E-state index in [-0.39, 0.29) is 5.56 Å². The molecule has 1 N–H and O–H groups in total. The maximum Gasteiger partial charge on any atom is 0.335 e. The van der Waals surface area contributed by atoms with Crippen LogP contribution in [0.3, 0.4) is 0 Å². The van der Waals surface area contributed by atoms with E-state index in [0.717, 1.165) is 5.52 Å². The molecule has 5 heteroatoms. The molecule has 0 aliphatic rings. The number of aromatic carboxylic acids is 1. The molecule has 0 aliphatic carbocycles. The Labute approximate surface area is 84.7 Å². The van der Waals surface area contributed by atoms with Crippen LogP contribution >= 0.6 is 11.6 Å². The highest BCUT2D eigenvalue weighted by Gasteiger charge is 2.10. The Hall–Kier alpha value is -1.55. The van der Waals surface area contributed by atoms with Crippen LogP contribution in [-0.4, -0.2) is 20.6 Å². The number of carbonyl (C=O) groups is 1. The van der Waals surface area contributed by atoms with Crippen molar-refractivity contribution in [1.82, 2.24) is 9.55 Å². The predicted octanol–water partition coefficient (Wildman–Crippen LogP) is 1.92. The molecular formula is C9H7ClN2O2.